The molecule has 0 saturated carbocycles. The van der Waals surface area contributed by atoms with Crippen LogP contribution in [0, 0.1) is 0 Å². The third-order valence-electron chi connectivity index (χ3n) is 4.61. The predicted molar refractivity (Wildman–Crippen MR) is 86.9 cm³/mol. The molecule has 3 rings (SSSR count). The zero-order valence-corrected chi connectivity index (χ0v) is 14.5. The van der Waals surface area contributed by atoms with Crippen LogP contribution in [0.25, 0.3) is 0 Å². The van der Waals surface area contributed by atoms with E-state index in [1.165, 1.54) is 29.2 Å². The lowest BCUT2D eigenvalue weighted by atomic mass is 9.90. The summed E-state index contributed by atoms with van der Waals surface area (Å²) >= 11 is 0. The van der Waals surface area contributed by atoms with Gasteiger partial charge in [0.2, 0.25) is 10.0 Å². The Morgan fingerprint density at radius 3 is 2.96 bits per heavy atom. The highest BCUT2D eigenvalue weighted by molar-refractivity contribution is 7.88. The van der Waals surface area contributed by atoms with Crippen molar-refractivity contribution in [3.8, 4) is 0 Å². The summed E-state index contributed by atoms with van der Waals surface area (Å²) < 4.78 is 31.1. The monoisotopic (exact) mass is 354 g/mol. The molecule has 3 heterocycles. The van der Waals surface area contributed by atoms with Crippen molar-refractivity contribution in [2.45, 2.75) is 37.4 Å². The Morgan fingerprint density at radius 1 is 1.46 bits per heavy atom. The maximum absolute atomic E-state index is 12.0. The van der Waals surface area contributed by atoms with Crippen LogP contribution >= 0.6 is 0 Å². The van der Waals surface area contributed by atoms with E-state index in [1.807, 2.05) is 0 Å². The fourth-order valence-electron chi connectivity index (χ4n) is 3.37. The molecule has 132 valence electrons. The van der Waals surface area contributed by atoms with E-state index >= 15 is 0 Å². The fourth-order valence-corrected chi connectivity index (χ4v) is 4.26. The topological polar surface area (TPSA) is 101 Å². The van der Waals surface area contributed by atoms with Crippen LogP contribution in [0.5, 0.6) is 0 Å². The molecule has 2 fully saturated rings. The number of hydrogen-bond acceptors (Lipinski definition) is 6. The van der Waals surface area contributed by atoms with Gasteiger partial charge in [0.15, 0.2) is 0 Å². The van der Waals surface area contributed by atoms with Crippen LogP contribution in [-0.2, 0) is 14.8 Å². The Hall–Kier alpha value is -1.58. The highest BCUT2D eigenvalue weighted by Gasteiger charge is 2.45. The molecule has 24 heavy (non-hydrogen) atoms. The van der Waals surface area contributed by atoms with Crippen LogP contribution < -0.4 is 5.32 Å². The zero-order chi connectivity index (χ0) is 17.2. The van der Waals surface area contributed by atoms with Crippen molar-refractivity contribution >= 4 is 15.9 Å². The van der Waals surface area contributed by atoms with Crippen molar-refractivity contribution in [3.63, 3.8) is 0 Å². The first-order valence-corrected chi connectivity index (χ1v) is 9.90. The van der Waals surface area contributed by atoms with Gasteiger partial charge in [0, 0.05) is 32.0 Å². The summed E-state index contributed by atoms with van der Waals surface area (Å²) in [5, 5.41) is 2.82. The van der Waals surface area contributed by atoms with Crippen LogP contribution in [0.15, 0.2) is 18.6 Å². The fraction of sp³-hybridized carbons (Fsp3) is 0.667. The molecule has 0 aliphatic carbocycles. The highest BCUT2D eigenvalue weighted by atomic mass is 32.2. The molecule has 0 aromatic carbocycles. The lowest BCUT2D eigenvalue weighted by molar-refractivity contribution is -0.116. The summed E-state index contributed by atoms with van der Waals surface area (Å²) in [5.74, 6) is -0.282. The predicted octanol–water partition coefficient (Wildman–Crippen LogP) is 0.180. The van der Waals surface area contributed by atoms with Gasteiger partial charge in [-0.2, -0.15) is 4.31 Å². The number of amides is 1. The SMILES string of the molecule is CS(=O)(=O)N1CC[C@]2(CCC[C@H](CNC(=O)c3cnccn3)O2)C1. The molecule has 9 heteroatoms. The van der Waals surface area contributed by atoms with Crippen molar-refractivity contribution in [1.29, 1.82) is 0 Å². The third-order valence-corrected chi connectivity index (χ3v) is 5.86. The van der Waals surface area contributed by atoms with E-state index in [-0.39, 0.29) is 17.7 Å². The molecular weight excluding hydrogens is 332 g/mol. The molecule has 2 aliphatic rings. The molecule has 1 aromatic heterocycles. The molecule has 1 spiro atoms. The van der Waals surface area contributed by atoms with Crippen molar-refractivity contribution in [1.82, 2.24) is 19.6 Å². The Balaban J connectivity index is 1.56. The van der Waals surface area contributed by atoms with Crippen LogP contribution in [0.2, 0.25) is 0 Å². The van der Waals surface area contributed by atoms with Crippen molar-refractivity contribution < 1.29 is 17.9 Å². The average molecular weight is 354 g/mol. The third kappa shape index (κ3) is 3.90. The summed E-state index contributed by atoms with van der Waals surface area (Å²) in [6.45, 7) is 1.29. The zero-order valence-electron chi connectivity index (χ0n) is 13.6. The number of carbonyl (C=O) groups excluding carboxylic acids is 1. The molecule has 0 unspecified atom stereocenters. The van der Waals surface area contributed by atoms with E-state index in [1.54, 1.807) is 0 Å². The lowest BCUT2D eigenvalue weighted by Crippen LogP contribution is -2.47. The average Bonchev–Trinajstić information content (AvgIpc) is 2.97. The molecular formula is C15H22N4O4S. The number of rotatable bonds is 4. The molecule has 1 amide bonds. The van der Waals surface area contributed by atoms with E-state index < -0.39 is 15.6 Å². The van der Waals surface area contributed by atoms with Crippen molar-refractivity contribution in [2.24, 2.45) is 0 Å². The standard InChI is InChI=1S/C15H22N4O4S/c1-24(21,22)19-8-5-15(11-19)4-2-3-12(23-15)9-18-14(20)13-10-16-6-7-17-13/h6-7,10,12H,2-5,8-9,11H2,1H3,(H,18,20)/t12-,15-/m1/s1. The van der Waals surface area contributed by atoms with Gasteiger partial charge in [0.05, 0.1) is 24.2 Å². The Bertz CT molecular complexity index is 697. The summed E-state index contributed by atoms with van der Waals surface area (Å²) in [6.07, 6.45) is 8.89. The molecule has 0 radical (unpaired) electrons. The van der Waals surface area contributed by atoms with Gasteiger partial charge in [0.25, 0.3) is 5.91 Å². The smallest absolute Gasteiger partial charge is 0.271 e. The number of nitrogens with zero attached hydrogens (tertiary/aromatic N) is 3. The van der Waals surface area contributed by atoms with E-state index in [0.29, 0.717) is 26.1 Å². The first-order valence-electron chi connectivity index (χ1n) is 8.05. The van der Waals surface area contributed by atoms with Crippen LogP contribution in [0.4, 0.5) is 0 Å². The highest BCUT2D eigenvalue weighted by Crippen LogP contribution is 2.37. The van der Waals surface area contributed by atoms with Crippen molar-refractivity contribution in [2.75, 3.05) is 25.9 Å². The molecule has 2 saturated heterocycles. The van der Waals surface area contributed by atoms with Crippen LogP contribution in [0.1, 0.15) is 36.2 Å². The summed E-state index contributed by atoms with van der Waals surface area (Å²) in [6, 6.07) is 0. The number of hydrogen-bond donors (Lipinski definition) is 1. The van der Waals surface area contributed by atoms with Crippen LogP contribution in [-0.4, -0.2) is 66.2 Å². The van der Waals surface area contributed by atoms with Gasteiger partial charge in [-0.1, -0.05) is 0 Å². The Labute approximate surface area is 141 Å². The number of sulfonamides is 1. The number of aromatic nitrogens is 2. The van der Waals surface area contributed by atoms with Gasteiger partial charge in [-0.05, 0) is 25.7 Å². The largest absolute Gasteiger partial charge is 0.369 e. The maximum Gasteiger partial charge on any atom is 0.271 e. The normalized spacial score (nSPS) is 28.1. The Morgan fingerprint density at radius 2 is 2.29 bits per heavy atom. The minimum atomic E-state index is -3.19. The van der Waals surface area contributed by atoms with E-state index in [2.05, 4.69) is 15.3 Å². The summed E-state index contributed by atoms with van der Waals surface area (Å²) in [5.41, 5.74) is -0.143. The molecule has 0 bridgehead atoms. The minimum absolute atomic E-state index is 0.112. The first kappa shape index (κ1) is 17.2. The molecule has 2 aliphatic heterocycles. The van der Waals surface area contributed by atoms with E-state index in [4.69, 9.17) is 4.74 Å². The maximum atomic E-state index is 12.0. The van der Waals surface area contributed by atoms with E-state index in [9.17, 15) is 13.2 Å². The first-order chi connectivity index (χ1) is 11.4. The molecule has 1 N–H and O–H groups in total. The van der Waals surface area contributed by atoms with Crippen molar-refractivity contribution in [3.05, 3.63) is 24.3 Å². The quantitative estimate of drug-likeness (QED) is 0.828. The summed E-state index contributed by atoms with van der Waals surface area (Å²) in [7, 11) is -3.19. The van der Waals surface area contributed by atoms with Gasteiger partial charge in [0.1, 0.15) is 5.69 Å². The van der Waals surface area contributed by atoms with Gasteiger partial charge in [-0.25, -0.2) is 13.4 Å². The number of ether oxygens (including phenoxy) is 1. The number of nitrogens with one attached hydrogen (secondary N) is 1. The molecule has 1 aromatic rings. The second kappa shape index (κ2) is 6.73. The van der Waals surface area contributed by atoms with Gasteiger partial charge < -0.3 is 10.1 Å². The Kier molecular flexibility index (Phi) is 4.84. The summed E-state index contributed by atoms with van der Waals surface area (Å²) in [4.78, 5) is 19.9. The van der Waals surface area contributed by atoms with Gasteiger partial charge in [-0.15, -0.1) is 0 Å². The minimum Gasteiger partial charge on any atom is -0.369 e. The van der Waals surface area contributed by atoms with Gasteiger partial charge >= 0.3 is 0 Å². The van der Waals surface area contributed by atoms with E-state index in [0.717, 1.165) is 19.3 Å². The molecule has 8 nitrogen and oxygen atoms in total. The van der Waals surface area contributed by atoms with Crippen LogP contribution in [0.3, 0.4) is 0 Å². The molecule has 2 atom stereocenters. The second-order valence-corrected chi connectivity index (χ2v) is 8.44. The van der Waals surface area contributed by atoms with Gasteiger partial charge in [-0.3, -0.25) is 9.78 Å². The second-order valence-electron chi connectivity index (χ2n) is 6.46. The lowest BCUT2D eigenvalue weighted by Gasteiger charge is -2.38. The number of carbonyl (C=O) groups is 1.